The zero-order valence-electron chi connectivity index (χ0n) is 9.04. The highest BCUT2D eigenvalue weighted by Crippen LogP contribution is 2.27. The largest absolute Gasteiger partial charge is 0.478 e. The van der Waals surface area contributed by atoms with E-state index in [0.29, 0.717) is 6.61 Å². The summed E-state index contributed by atoms with van der Waals surface area (Å²) in [7, 11) is 0. The number of rotatable bonds is 3. The van der Waals surface area contributed by atoms with Crippen molar-refractivity contribution in [3.63, 3.8) is 0 Å². The van der Waals surface area contributed by atoms with Crippen LogP contribution in [0.25, 0.3) is 0 Å². The van der Waals surface area contributed by atoms with Gasteiger partial charge in [-0.05, 0) is 24.1 Å². The lowest BCUT2D eigenvalue weighted by atomic mass is 10.1. The molecule has 4 heteroatoms. The average Bonchev–Trinajstić information content (AvgIpc) is 2.71. The summed E-state index contributed by atoms with van der Waals surface area (Å²) in [5.41, 5.74) is 0.900. The first-order valence-electron chi connectivity index (χ1n) is 5.35. The van der Waals surface area contributed by atoms with Gasteiger partial charge in [0.2, 0.25) is 0 Å². The van der Waals surface area contributed by atoms with Crippen molar-refractivity contribution in [3.05, 3.63) is 34.6 Å². The lowest BCUT2D eigenvalue weighted by molar-refractivity contribution is 0.311. The van der Waals surface area contributed by atoms with E-state index in [4.69, 9.17) is 16.3 Å². The highest BCUT2D eigenvalue weighted by Gasteiger charge is 2.20. The number of hydrogen-bond acceptors (Lipinski definition) is 2. The molecule has 0 fully saturated rings. The highest BCUT2D eigenvalue weighted by molar-refractivity contribution is 6.30. The van der Waals surface area contributed by atoms with Crippen molar-refractivity contribution >= 4 is 17.5 Å². The summed E-state index contributed by atoms with van der Waals surface area (Å²) in [6.45, 7) is 2.60. The number of hydrogen-bond donors (Lipinski definition) is 0. The molecule has 2 nitrogen and oxygen atoms in total. The first kappa shape index (κ1) is 11.4. The third kappa shape index (κ3) is 2.35. The van der Waals surface area contributed by atoms with Crippen molar-refractivity contribution in [2.24, 2.45) is 4.99 Å². The molecule has 0 spiro atoms. The Balaban J connectivity index is 2.16. The van der Waals surface area contributed by atoms with Crippen molar-refractivity contribution in [2.75, 3.05) is 6.61 Å². The van der Waals surface area contributed by atoms with Crippen LogP contribution in [-0.4, -0.2) is 12.5 Å². The lowest BCUT2D eigenvalue weighted by Crippen LogP contribution is -1.99. The predicted molar refractivity (Wildman–Crippen MR) is 62.4 cm³/mol. The summed E-state index contributed by atoms with van der Waals surface area (Å²) in [5.74, 6) is 0.384. The van der Waals surface area contributed by atoms with Gasteiger partial charge in [0.1, 0.15) is 18.5 Å². The van der Waals surface area contributed by atoms with Crippen molar-refractivity contribution in [2.45, 2.75) is 25.8 Å². The maximum absolute atomic E-state index is 13.0. The van der Waals surface area contributed by atoms with E-state index < -0.39 is 5.82 Å². The third-order valence-corrected chi connectivity index (χ3v) is 2.79. The first-order valence-corrected chi connectivity index (χ1v) is 5.73. The number of ether oxygens (including phenoxy) is 1. The summed E-state index contributed by atoms with van der Waals surface area (Å²) >= 11 is 5.73. The van der Waals surface area contributed by atoms with Crippen LogP contribution in [-0.2, 0) is 4.74 Å². The molecule has 1 aliphatic heterocycles. The number of halogens is 2. The minimum Gasteiger partial charge on any atom is -0.478 e. The van der Waals surface area contributed by atoms with E-state index in [1.54, 1.807) is 12.1 Å². The number of benzene rings is 1. The summed E-state index contributed by atoms with van der Waals surface area (Å²) in [6, 6.07) is 4.64. The second-order valence-corrected chi connectivity index (χ2v) is 4.18. The molecule has 16 heavy (non-hydrogen) atoms. The maximum Gasteiger partial charge on any atom is 0.183 e. The second kappa shape index (κ2) is 4.83. The molecule has 1 aromatic carbocycles. The van der Waals surface area contributed by atoms with Crippen LogP contribution in [0, 0.1) is 5.82 Å². The van der Waals surface area contributed by atoms with Gasteiger partial charge < -0.3 is 4.74 Å². The summed E-state index contributed by atoms with van der Waals surface area (Å²) < 4.78 is 18.4. The highest BCUT2D eigenvalue weighted by atomic mass is 35.5. The van der Waals surface area contributed by atoms with Crippen molar-refractivity contribution in [1.82, 2.24) is 0 Å². The van der Waals surface area contributed by atoms with E-state index in [9.17, 15) is 4.39 Å². The molecule has 0 aromatic heterocycles. The number of nitrogens with zero attached hydrogens (tertiary/aromatic N) is 1. The van der Waals surface area contributed by atoms with Crippen LogP contribution in [0.2, 0.25) is 5.02 Å². The zero-order chi connectivity index (χ0) is 11.5. The minimum atomic E-state index is -0.401. The monoisotopic (exact) mass is 241 g/mol. The Morgan fingerprint density at radius 3 is 3.06 bits per heavy atom. The Morgan fingerprint density at radius 2 is 2.38 bits per heavy atom. The fraction of sp³-hybridized carbons (Fsp3) is 0.417. The fourth-order valence-electron chi connectivity index (χ4n) is 1.66. The van der Waals surface area contributed by atoms with Crippen molar-refractivity contribution < 1.29 is 9.13 Å². The van der Waals surface area contributed by atoms with Gasteiger partial charge in [-0.2, -0.15) is 0 Å². The molecule has 1 aromatic rings. The third-order valence-electron chi connectivity index (χ3n) is 2.50. The molecule has 0 saturated carbocycles. The lowest BCUT2D eigenvalue weighted by Gasteiger charge is -2.05. The molecule has 0 radical (unpaired) electrons. The molecule has 0 saturated heterocycles. The summed E-state index contributed by atoms with van der Waals surface area (Å²) in [6.07, 6.45) is 1.86. The van der Waals surface area contributed by atoms with Gasteiger partial charge in [0.25, 0.3) is 0 Å². The van der Waals surface area contributed by atoms with Crippen LogP contribution in [0.15, 0.2) is 23.2 Å². The average molecular weight is 242 g/mol. The maximum atomic E-state index is 13.0. The Bertz CT molecular complexity index is 419. The molecule has 1 heterocycles. The van der Waals surface area contributed by atoms with E-state index in [2.05, 4.69) is 11.9 Å². The standard InChI is InChI=1S/C12H13ClFNO/c1-2-3-12-15-11(7-16-12)8-4-5-10(14)9(13)6-8/h4-6,11H,2-3,7H2,1H3/t11-/m0/s1. The SMILES string of the molecule is CCCC1=N[C@H](c2ccc(F)c(Cl)c2)CO1. The van der Waals surface area contributed by atoms with E-state index in [1.807, 2.05) is 0 Å². The topological polar surface area (TPSA) is 21.6 Å². The summed E-state index contributed by atoms with van der Waals surface area (Å²) in [5, 5.41) is 0.136. The van der Waals surface area contributed by atoms with Gasteiger partial charge in [0.15, 0.2) is 5.90 Å². The van der Waals surface area contributed by atoms with Crippen LogP contribution in [0.3, 0.4) is 0 Å². The summed E-state index contributed by atoms with van der Waals surface area (Å²) in [4.78, 5) is 4.43. The molecule has 1 aliphatic rings. The zero-order valence-corrected chi connectivity index (χ0v) is 9.80. The molecular formula is C12H13ClFNO. The van der Waals surface area contributed by atoms with Crippen molar-refractivity contribution in [1.29, 1.82) is 0 Å². The van der Waals surface area contributed by atoms with E-state index >= 15 is 0 Å². The van der Waals surface area contributed by atoms with Crippen LogP contribution < -0.4 is 0 Å². The smallest absolute Gasteiger partial charge is 0.183 e. The second-order valence-electron chi connectivity index (χ2n) is 3.77. The molecule has 0 aliphatic carbocycles. The molecular weight excluding hydrogens is 229 g/mol. The van der Waals surface area contributed by atoms with Crippen LogP contribution in [0.1, 0.15) is 31.4 Å². The van der Waals surface area contributed by atoms with Crippen LogP contribution >= 0.6 is 11.6 Å². The Kier molecular flexibility index (Phi) is 3.44. The minimum absolute atomic E-state index is 0.0420. The van der Waals surface area contributed by atoms with Gasteiger partial charge in [-0.1, -0.05) is 24.6 Å². The normalized spacial score (nSPS) is 19.4. The van der Waals surface area contributed by atoms with Gasteiger partial charge in [0.05, 0.1) is 5.02 Å². The Hall–Kier alpha value is -1.09. The molecule has 2 rings (SSSR count). The molecule has 0 N–H and O–H groups in total. The molecule has 86 valence electrons. The van der Waals surface area contributed by atoms with Gasteiger partial charge in [-0.3, -0.25) is 0 Å². The molecule has 0 bridgehead atoms. The Labute approximate surface area is 99.1 Å². The van der Waals surface area contributed by atoms with Crippen LogP contribution in [0.5, 0.6) is 0 Å². The van der Waals surface area contributed by atoms with Gasteiger partial charge in [-0.15, -0.1) is 0 Å². The number of aliphatic imine (C=N–C) groups is 1. The fourth-order valence-corrected chi connectivity index (χ4v) is 1.85. The van der Waals surface area contributed by atoms with E-state index in [-0.39, 0.29) is 11.1 Å². The van der Waals surface area contributed by atoms with Crippen molar-refractivity contribution in [3.8, 4) is 0 Å². The van der Waals surface area contributed by atoms with Gasteiger partial charge >= 0.3 is 0 Å². The molecule has 1 atom stereocenters. The van der Waals surface area contributed by atoms with E-state index in [0.717, 1.165) is 24.3 Å². The predicted octanol–water partition coefficient (Wildman–Crippen LogP) is 3.75. The first-order chi connectivity index (χ1) is 7.70. The van der Waals surface area contributed by atoms with Gasteiger partial charge in [0, 0.05) is 6.42 Å². The van der Waals surface area contributed by atoms with E-state index in [1.165, 1.54) is 6.07 Å². The molecule has 0 unspecified atom stereocenters. The van der Waals surface area contributed by atoms with Crippen LogP contribution in [0.4, 0.5) is 4.39 Å². The molecule has 0 amide bonds. The quantitative estimate of drug-likeness (QED) is 0.790. The van der Waals surface area contributed by atoms with Gasteiger partial charge in [-0.25, -0.2) is 9.38 Å². The Morgan fingerprint density at radius 1 is 1.56 bits per heavy atom.